The van der Waals surface area contributed by atoms with E-state index in [2.05, 4.69) is 28.1 Å². The Bertz CT molecular complexity index is 1110. The summed E-state index contributed by atoms with van der Waals surface area (Å²) in [4.78, 5) is 27.0. The van der Waals surface area contributed by atoms with Gasteiger partial charge in [-0.3, -0.25) is 9.59 Å². The third-order valence-corrected chi connectivity index (χ3v) is 8.63. The summed E-state index contributed by atoms with van der Waals surface area (Å²) in [6.07, 6.45) is 6.52. The second-order valence-corrected chi connectivity index (χ2v) is 10.2. The van der Waals surface area contributed by atoms with E-state index in [1.54, 1.807) is 0 Å². The van der Waals surface area contributed by atoms with Crippen LogP contribution in [0.5, 0.6) is 0 Å². The number of carbonyl (C=O) groups excluding carboxylic acids is 2. The molecule has 2 bridgehead atoms. The Labute approximate surface area is 190 Å². The molecule has 2 fully saturated rings. The molecule has 2 aromatic rings. The van der Waals surface area contributed by atoms with E-state index in [1.807, 2.05) is 48.5 Å². The fourth-order valence-electron chi connectivity index (χ4n) is 6.86. The molecule has 0 heterocycles. The monoisotopic (exact) mass is 479 g/mol. The standard InChI is InChI=1S/C25H26BrN3O2/c26-18-6-4-17(5-7-18)25(22(29)31)20-9-8-19(23(20)10-11-23)24(25,21(28)30)13-15-2-1-3-16(12-15)14-27/h1-9,12,19-20H,10-11,13-14,27H2,(H2,28,30)(H2,29,31)/t19-,20+,24+,25-/m1/s1. The summed E-state index contributed by atoms with van der Waals surface area (Å²) in [6.45, 7) is 0.404. The van der Waals surface area contributed by atoms with Crippen molar-refractivity contribution in [3.05, 3.63) is 81.8 Å². The molecule has 31 heavy (non-hydrogen) atoms. The Balaban J connectivity index is 1.79. The van der Waals surface area contributed by atoms with Crippen molar-refractivity contribution in [3.8, 4) is 0 Å². The molecule has 6 heteroatoms. The number of carbonyl (C=O) groups is 2. The lowest BCUT2D eigenvalue weighted by Gasteiger charge is -2.48. The van der Waals surface area contributed by atoms with Crippen LogP contribution in [0.2, 0.25) is 0 Å². The summed E-state index contributed by atoms with van der Waals surface area (Å²) >= 11 is 3.48. The Morgan fingerprint density at radius 1 is 0.935 bits per heavy atom. The SMILES string of the molecule is NCc1cccc(C[C@@]2(C(N)=O)[C@@H]3C=C[C@@H](C34CC4)[C@@]2(C(N)=O)c2ccc(Br)cc2)c1. The van der Waals surface area contributed by atoms with Gasteiger partial charge in [0, 0.05) is 16.9 Å². The van der Waals surface area contributed by atoms with Crippen molar-refractivity contribution in [2.24, 2.45) is 39.9 Å². The van der Waals surface area contributed by atoms with E-state index in [1.165, 1.54) is 0 Å². The Morgan fingerprint density at radius 3 is 2.16 bits per heavy atom. The van der Waals surface area contributed by atoms with Gasteiger partial charge in [-0.2, -0.15) is 0 Å². The minimum atomic E-state index is -1.20. The van der Waals surface area contributed by atoms with Crippen molar-refractivity contribution < 1.29 is 9.59 Å². The third-order valence-electron chi connectivity index (χ3n) is 8.10. The van der Waals surface area contributed by atoms with Crippen LogP contribution in [-0.2, 0) is 28.0 Å². The van der Waals surface area contributed by atoms with Gasteiger partial charge in [0.05, 0.1) is 10.8 Å². The minimum absolute atomic E-state index is 0.122. The summed E-state index contributed by atoms with van der Waals surface area (Å²) < 4.78 is 0.899. The molecule has 2 aromatic carbocycles. The van der Waals surface area contributed by atoms with Crippen molar-refractivity contribution in [2.45, 2.75) is 31.2 Å². The Kier molecular flexibility index (Phi) is 4.47. The first kappa shape index (κ1) is 20.5. The second-order valence-electron chi connectivity index (χ2n) is 9.29. The molecule has 0 radical (unpaired) electrons. The van der Waals surface area contributed by atoms with Gasteiger partial charge >= 0.3 is 0 Å². The lowest BCUT2D eigenvalue weighted by molar-refractivity contribution is -0.143. The maximum absolute atomic E-state index is 13.5. The van der Waals surface area contributed by atoms with Crippen LogP contribution in [0.1, 0.15) is 29.5 Å². The van der Waals surface area contributed by atoms with Gasteiger partial charge in [-0.15, -0.1) is 0 Å². The maximum atomic E-state index is 13.5. The zero-order valence-corrected chi connectivity index (χ0v) is 18.8. The third kappa shape index (κ3) is 2.46. The average Bonchev–Trinajstić information content (AvgIpc) is 3.42. The number of primary amides is 2. The van der Waals surface area contributed by atoms with Gasteiger partial charge in [-0.05, 0) is 59.4 Å². The molecule has 0 aromatic heterocycles. The molecule has 3 aliphatic rings. The summed E-state index contributed by atoms with van der Waals surface area (Å²) in [7, 11) is 0. The van der Waals surface area contributed by atoms with Crippen molar-refractivity contribution in [2.75, 3.05) is 0 Å². The molecule has 3 aliphatic carbocycles. The van der Waals surface area contributed by atoms with Crippen LogP contribution in [0.3, 0.4) is 0 Å². The molecule has 2 amide bonds. The first-order chi connectivity index (χ1) is 14.8. The largest absolute Gasteiger partial charge is 0.369 e. The number of hydrogen-bond donors (Lipinski definition) is 3. The van der Waals surface area contributed by atoms with E-state index < -0.39 is 22.6 Å². The summed E-state index contributed by atoms with van der Waals surface area (Å²) in [5.74, 6) is -1.21. The number of halogens is 1. The quantitative estimate of drug-likeness (QED) is 0.553. The predicted octanol–water partition coefficient (Wildman–Crippen LogP) is 2.94. The molecule has 2 saturated carbocycles. The van der Waals surface area contributed by atoms with Gasteiger partial charge < -0.3 is 17.2 Å². The van der Waals surface area contributed by atoms with Crippen LogP contribution >= 0.6 is 15.9 Å². The van der Waals surface area contributed by atoms with Crippen LogP contribution in [-0.4, -0.2) is 11.8 Å². The highest BCUT2D eigenvalue weighted by Crippen LogP contribution is 2.80. The predicted molar refractivity (Wildman–Crippen MR) is 122 cm³/mol. The van der Waals surface area contributed by atoms with Gasteiger partial charge in [0.1, 0.15) is 0 Å². The lowest BCUT2D eigenvalue weighted by atomic mass is 9.52. The van der Waals surface area contributed by atoms with Crippen molar-refractivity contribution in [3.63, 3.8) is 0 Å². The van der Waals surface area contributed by atoms with Crippen LogP contribution < -0.4 is 17.2 Å². The van der Waals surface area contributed by atoms with Crippen LogP contribution in [0, 0.1) is 22.7 Å². The van der Waals surface area contributed by atoms with Crippen molar-refractivity contribution in [1.82, 2.24) is 0 Å². The van der Waals surface area contributed by atoms with Gasteiger partial charge in [0.25, 0.3) is 0 Å². The molecule has 0 saturated heterocycles. The number of hydrogen-bond acceptors (Lipinski definition) is 3. The first-order valence-corrected chi connectivity index (χ1v) is 11.4. The molecular weight excluding hydrogens is 454 g/mol. The highest BCUT2D eigenvalue weighted by Gasteiger charge is 2.82. The number of amides is 2. The Hall–Kier alpha value is -2.44. The number of nitrogens with two attached hydrogens (primary N) is 3. The fraction of sp³-hybridized carbons (Fsp3) is 0.360. The van der Waals surface area contributed by atoms with Gasteiger partial charge in [0.2, 0.25) is 11.8 Å². The summed E-state index contributed by atoms with van der Waals surface area (Å²) in [5.41, 5.74) is 18.6. The fourth-order valence-corrected chi connectivity index (χ4v) is 7.12. The van der Waals surface area contributed by atoms with Gasteiger partial charge in [-0.1, -0.05) is 64.5 Å². The van der Waals surface area contributed by atoms with E-state index in [0.717, 1.165) is 34.0 Å². The van der Waals surface area contributed by atoms with Crippen LogP contribution in [0.25, 0.3) is 0 Å². The maximum Gasteiger partial charge on any atom is 0.229 e. The van der Waals surface area contributed by atoms with Crippen molar-refractivity contribution in [1.29, 1.82) is 0 Å². The number of benzene rings is 2. The van der Waals surface area contributed by atoms with E-state index in [9.17, 15) is 9.59 Å². The average molecular weight is 480 g/mol. The molecule has 5 nitrogen and oxygen atoms in total. The highest BCUT2D eigenvalue weighted by molar-refractivity contribution is 9.10. The Morgan fingerprint density at radius 2 is 1.58 bits per heavy atom. The molecule has 1 spiro atoms. The molecule has 160 valence electrons. The molecule has 4 atom stereocenters. The molecule has 5 rings (SSSR count). The second kappa shape index (κ2) is 6.78. The number of rotatable bonds is 6. The highest BCUT2D eigenvalue weighted by atomic mass is 79.9. The zero-order chi connectivity index (χ0) is 22.0. The van der Waals surface area contributed by atoms with E-state index >= 15 is 0 Å². The van der Waals surface area contributed by atoms with Crippen molar-refractivity contribution >= 4 is 27.7 Å². The molecule has 0 aliphatic heterocycles. The topological polar surface area (TPSA) is 112 Å². The smallest absolute Gasteiger partial charge is 0.229 e. The van der Waals surface area contributed by atoms with Gasteiger partial charge in [-0.25, -0.2) is 0 Å². The molecular formula is C25H26BrN3O2. The lowest BCUT2D eigenvalue weighted by Crippen LogP contribution is -2.63. The normalized spacial score (nSPS) is 31.8. The summed E-state index contributed by atoms with van der Waals surface area (Å²) in [5, 5.41) is 0. The zero-order valence-electron chi connectivity index (χ0n) is 17.2. The van der Waals surface area contributed by atoms with Gasteiger partial charge in [0.15, 0.2) is 0 Å². The first-order valence-electron chi connectivity index (χ1n) is 10.6. The van der Waals surface area contributed by atoms with E-state index in [-0.39, 0.29) is 17.3 Å². The molecule has 6 N–H and O–H groups in total. The van der Waals surface area contributed by atoms with E-state index in [4.69, 9.17) is 17.2 Å². The summed E-state index contributed by atoms with van der Waals surface area (Å²) in [6, 6.07) is 15.5. The van der Waals surface area contributed by atoms with E-state index in [0.29, 0.717) is 13.0 Å². The van der Waals surface area contributed by atoms with Crippen LogP contribution in [0.15, 0.2) is 65.2 Å². The number of allylic oxidation sites excluding steroid dienone is 2. The minimum Gasteiger partial charge on any atom is -0.369 e. The van der Waals surface area contributed by atoms with Crippen LogP contribution in [0.4, 0.5) is 0 Å². The molecule has 0 unspecified atom stereocenters.